The molecule has 2 unspecified atom stereocenters. The topological polar surface area (TPSA) is 162 Å². The molecule has 11 nitrogen and oxygen atoms in total. The molecule has 2 heterocycles. The molecule has 0 aromatic carbocycles. The van der Waals surface area contributed by atoms with Crippen molar-refractivity contribution in [2.45, 2.75) is 116 Å². The number of rotatable bonds is 9. The van der Waals surface area contributed by atoms with Gasteiger partial charge in [0.2, 0.25) is 0 Å². The number of hydrogen-bond donors (Lipinski definition) is 3. The summed E-state index contributed by atoms with van der Waals surface area (Å²) in [5, 5.41) is 26.6. The molecule has 12 heteroatoms. The molecule has 1 aromatic heterocycles. The van der Waals surface area contributed by atoms with Crippen molar-refractivity contribution in [1.82, 2.24) is 5.32 Å². The van der Waals surface area contributed by atoms with Crippen molar-refractivity contribution >= 4 is 34.7 Å². The van der Waals surface area contributed by atoms with E-state index in [1.807, 2.05) is 20.8 Å². The van der Waals surface area contributed by atoms with Gasteiger partial charge in [0.25, 0.3) is 5.24 Å². The van der Waals surface area contributed by atoms with E-state index in [1.54, 1.807) is 26.0 Å². The smallest absolute Gasteiger partial charge is 0.308 e. The van der Waals surface area contributed by atoms with Crippen LogP contribution in [0.25, 0.3) is 0 Å². The fourth-order valence-electron chi connectivity index (χ4n) is 8.10. The highest BCUT2D eigenvalue weighted by Crippen LogP contribution is 2.61. The summed E-state index contributed by atoms with van der Waals surface area (Å²) in [4.78, 5) is 53.3. The molecule has 1 amide bonds. The molecule has 1 aromatic rings. The van der Waals surface area contributed by atoms with Gasteiger partial charge in [-0.15, -0.1) is 0 Å². The molecule has 3 fully saturated rings. The van der Waals surface area contributed by atoms with Crippen LogP contribution >= 0.6 is 11.8 Å². The monoisotopic (exact) mass is 661 g/mol. The highest BCUT2D eigenvalue weighted by molar-refractivity contribution is 8.13. The Morgan fingerprint density at radius 1 is 1.20 bits per heavy atom. The molecule has 4 aliphatic rings. The Morgan fingerprint density at radius 3 is 2.54 bits per heavy atom. The van der Waals surface area contributed by atoms with E-state index in [2.05, 4.69) is 5.32 Å². The molecule has 3 N–H and O–H groups in total. The summed E-state index contributed by atoms with van der Waals surface area (Å²) in [7, 11) is 0. The van der Waals surface area contributed by atoms with Gasteiger partial charge in [0.05, 0.1) is 48.6 Å². The molecule has 1 aliphatic heterocycles. The highest BCUT2D eigenvalue weighted by atomic mass is 32.2. The minimum Gasteiger partial charge on any atom is -0.467 e. The fraction of sp³-hybridized carbons (Fsp3) is 0.706. The minimum absolute atomic E-state index is 0.0353. The van der Waals surface area contributed by atoms with Crippen molar-refractivity contribution < 1.29 is 48.0 Å². The summed E-state index contributed by atoms with van der Waals surface area (Å²) in [6.07, 6.45) is -0.0890. The SMILES string of the molecule is CCCCSC(=O)N[C@H](CC(=O)O[C@H]1C[C@@]2(O)CC3C4CO[C@@H]4C[C@H](O)[C@@]3(C)C(=O)[C@H](OC(C)=O)C(=C1C)C2(C)C)c1ccco1. The number of nitrogens with one attached hydrogen (secondary N) is 1. The first-order valence-corrected chi connectivity index (χ1v) is 17.2. The van der Waals surface area contributed by atoms with E-state index in [0.717, 1.165) is 24.6 Å². The summed E-state index contributed by atoms with van der Waals surface area (Å²) >= 11 is 1.14. The second-order valence-corrected chi connectivity index (χ2v) is 15.1. The largest absolute Gasteiger partial charge is 0.467 e. The van der Waals surface area contributed by atoms with Gasteiger partial charge in [-0.2, -0.15) is 0 Å². The lowest BCUT2D eigenvalue weighted by atomic mass is 9.47. The highest BCUT2D eigenvalue weighted by Gasteiger charge is 2.67. The molecule has 3 aliphatic carbocycles. The van der Waals surface area contributed by atoms with Crippen LogP contribution < -0.4 is 5.32 Å². The van der Waals surface area contributed by atoms with E-state index in [4.69, 9.17) is 18.6 Å². The number of fused-ring (bicyclic) bond motifs is 5. The molecule has 2 saturated carbocycles. The number of aliphatic hydroxyl groups excluding tert-OH is 1. The Hall–Kier alpha value is -2.67. The number of aliphatic hydroxyl groups is 2. The van der Waals surface area contributed by atoms with Gasteiger partial charge in [-0.25, -0.2) is 0 Å². The predicted molar refractivity (Wildman–Crippen MR) is 169 cm³/mol. The Labute approximate surface area is 274 Å². The lowest BCUT2D eigenvalue weighted by Gasteiger charge is -2.62. The second-order valence-electron chi connectivity index (χ2n) is 14.1. The maximum absolute atomic E-state index is 14.6. The third kappa shape index (κ3) is 6.06. The number of esters is 2. The molecule has 1 saturated heterocycles. The molecule has 9 atom stereocenters. The zero-order valence-electron chi connectivity index (χ0n) is 27.5. The average molecular weight is 662 g/mol. The van der Waals surface area contributed by atoms with Crippen molar-refractivity contribution in [3.05, 3.63) is 35.3 Å². The Morgan fingerprint density at radius 2 is 1.93 bits per heavy atom. The van der Waals surface area contributed by atoms with Gasteiger partial charge in [-0.3, -0.25) is 19.2 Å². The van der Waals surface area contributed by atoms with Crippen molar-refractivity contribution in [3.8, 4) is 0 Å². The zero-order valence-corrected chi connectivity index (χ0v) is 28.3. The molecular weight excluding hydrogens is 614 g/mol. The number of thioether (sulfide) groups is 1. The normalized spacial score (nSPS) is 35.4. The Kier molecular flexibility index (Phi) is 9.86. The number of carbonyl (C=O) groups excluding carboxylic acids is 4. The first-order valence-electron chi connectivity index (χ1n) is 16.2. The van der Waals surface area contributed by atoms with E-state index in [0.29, 0.717) is 29.3 Å². The standard InChI is InChI=1S/C34H47NO10S/c1-7-8-12-46-31(40)35-22(23-10-9-11-42-23)13-27(38)45-25-16-34(41)15-21-20-17-43-24(20)14-26(37)33(21,6)30(39)29(44-19(3)36)28(18(25)2)32(34,4)5/h9-11,20-22,24-26,29,37,41H,7-8,12-17H2,1-6H3,(H,35,40)/t20?,21?,22-,24-,25+,26+,29-,33+,34+/m1/s1. The number of ether oxygens (including phenoxy) is 3. The molecule has 2 bridgehead atoms. The summed E-state index contributed by atoms with van der Waals surface area (Å²) in [5.41, 5.74) is -2.97. The maximum atomic E-state index is 14.6. The van der Waals surface area contributed by atoms with E-state index in [-0.39, 0.29) is 42.9 Å². The van der Waals surface area contributed by atoms with Gasteiger partial charge in [0.15, 0.2) is 11.9 Å². The Bertz CT molecular complexity index is 1370. The van der Waals surface area contributed by atoms with Crippen LogP contribution in [0, 0.1) is 22.7 Å². The predicted octanol–water partition coefficient (Wildman–Crippen LogP) is 4.65. The van der Waals surface area contributed by atoms with Gasteiger partial charge in [0.1, 0.15) is 11.9 Å². The minimum atomic E-state index is -1.50. The van der Waals surface area contributed by atoms with Crippen molar-refractivity contribution in [2.24, 2.45) is 22.7 Å². The van der Waals surface area contributed by atoms with Crippen LogP contribution in [-0.4, -0.2) is 75.6 Å². The molecular formula is C34H47NO10S. The van der Waals surface area contributed by atoms with Gasteiger partial charge >= 0.3 is 11.9 Å². The van der Waals surface area contributed by atoms with E-state index in [9.17, 15) is 29.4 Å². The molecule has 0 radical (unpaired) electrons. The lowest BCUT2D eigenvalue weighted by molar-refractivity contribution is -0.244. The van der Waals surface area contributed by atoms with Gasteiger partial charge in [-0.1, -0.05) is 39.0 Å². The van der Waals surface area contributed by atoms with Gasteiger partial charge < -0.3 is 34.2 Å². The van der Waals surface area contributed by atoms with Crippen LogP contribution in [0.3, 0.4) is 0 Å². The number of carbonyl (C=O) groups is 4. The number of hydrogen-bond acceptors (Lipinski definition) is 11. The molecule has 46 heavy (non-hydrogen) atoms. The molecule has 5 rings (SSSR count). The summed E-state index contributed by atoms with van der Waals surface area (Å²) in [6, 6.07) is 2.57. The first-order chi connectivity index (χ1) is 21.6. The van der Waals surface area contributed by atoms with Gasteiger partial charge in [0, 0.05) is 36.9 Å². The third-order valence-corrected chi connectivity index (χ3v) is 12.0. The quantitative estimate of drug-likeness (QED) is 0.192. The Balaban J connectivity index is 1.48. The number of Topliss-reactive ketones (excluding diaryl/α,β-unsaturated/α-hetero) is 1. The summed E-state index contributed by atoms with van der Waals surface area (Å²) in [6.45, 7) is 10.7. The van der Waals surface area contributed by atoms with Crippen molar-refractivity contribution in [2.75, 3.05) is 12.4 Å². The number of furan rings is 1. The number of ketones is 1. The molecule has 0 spiro atoms. The fourth-order valence-corrected chi connectivity index (χ4v) is 8.94. The maximum Gasteiger partial charge on any atom is 0.308 e. The van der Waals surface area contributed by atoms with E-state index < -0.39 is 64.4 Å². The summed E-state index contributed by atoms with van der Waals surface area (Å²) in [5.74, 6) is -1.23. The van der Waals surface area contributed by atoms with Crippen LogP contribution in [0.15, 0.2) is 34.0 Å². The number of unbranched alkanes of at least 4 members (excludes halogenated alkanes) is 1. The van der Waals surface area contributed by atoms with Crippen LogP contribution in [0.4, 0.5) is 4.79 Å². The zero-order chi connectivity index (χ0) is 33.6. The van der Waals surface area contributed by atoms with Crippen molar-refractivity contribution in [1.29, 1.82) is 0 Å². The number of amides is 1. The van der Waals surface area contributed by atoms with Crippen LogP contribution in [0.5, 0.6) is 0 Å². The second kappa shape index (κ2) is 13.1. The molecule has 254 valence electrons. The van der Waals surface area contributed by atoms with E-state index in [1.165, 1.54) is 13.2 Å². The van der Waals surface area contributed by atoms with E-state index >= 15 is 0 Å². The van der Waals surface area contributed by atoms with Crippen LogP contribution in [0.1, 0.15) is 91.9 Å². The van der Waals surface area contributed by atoms with Crippen LogP contribution in [0.2, 0.25) is 0 Å². The van der Waals surface area contributed by atoms with Crippen LogP contribution in [-0.2, 0) is 28.6 Å². The van der Waals surface area contributed by atoms with Crippen molar-refractivity contribution in [3.63, 3.8) is 0 Å². The third-order valence-electron chi connectivity index (χ3n) is 11.1. The van der Waals surface area contributed by atoms with Gasteiger partial charge in [-0.05, 0) is 55.9 Å². The summed E-state index contributed by atoms with van der Waals surface area (Å²) < 4.78 is 23.1. The lowest BCUT2D eigenvalue weighted by Crippen LogP contribution is -2.69. The average Bonchev–Trinajstić information content (AvgIpc) is 3.50. The first kappa shape index (κ1) is 34.7.